The Kier molecular flexibility index (Phi) is 4.49. The molecule has 0 amide bonds. The number of Topliss-reactive ketones (excluding diaryl/α,β-unsaturated/α-hetero) is 1. The number of benzene rings is 2. The molecule has 1 atom stereocenters. The number of para-hydroxylation sites is 1. The predicted molar refractivity (Wildman–Crippen MR) is 97.6 cm³/mol. The number of fused-ring (bicyclic) bond motifs is 1. The minimum Gasteiger partial charge on any atom is -0.411 e. The molecule has 0 spiro atoms. The Balaban J connectivity index is 1.54. The highest BCUT2D eigenvalue weighted by Crippen LogP contribution is 2.31. The van der Waals surface area contributed by atoms with Gasteiger partial charge in [0.15, 0.2) is 5.78 Å². The van der Waals surface area contributed by atoms with Crippen LogP contribution in [0.3, 0.4) is 0 Å². The Hall–Kier alpha value is -3.00. The van der Waals surface area contributed by atoms with Gasteiger partial charge in [0.2, 0.25) is 0 Å². The van der Waals surface area contributed by atoms with E-state index < -0.39 is 22.7 Å². The number of halogens is 2. The molecule has 0 radical (unpaired) electrons. The van der Waals surface area contributed by atoms with Crippen molar-refractivity contribution in [3.05, 3.63) is 65.9 Å². The van der Waals surface area contributed by atoms with Crippen LogP contribution in [-0.4, -0.2) is 26.2 Å². The summed E-state index contributed by atoms with van der Waals surface area (Å²) >= 11 is 1.02. The molecule has 8 heteroatoms. The summed E-state index contributed by atoms with van der Waals surface area (Å²) in [6.45, 7) is 1.60. The van der Waals surface area contributed by atoms with Crippen molar-refractivity contribution in [1.82, 2.24) is 15.2 Å². The van der Waals surface area contributed by atoms with E-state index in [-0.39, 0.29) is 10.8 Å². The van der Waals surface area contributed by atoms with Gasteiger partial charge in [-0.2, -0.15) is 0 Å². The smallest absolute Gasteiger partial charge is 0.277 e. The van der Waals surface area contributed by atoms with E-state index >= 15 is 0 Å². The van der Waals surface area contributed by atoms with E-state index in [2.05, 4.69) is 15.2 Å². The molecule has 5 nitrogen and oxygen atoms in total. The summed E-state index contributed by atoms with van der Waals surface area (Å²) < 4.78 is 32.5. The molecule has 4 aromatic rings. The van der Waals surface area contributed by atoms with E-state index in [0.717, 1.165) is 40.4 Å². The molecule has 0 aliphatic heterocycles. The minimum atomic E-state index is -0.891. The SMILES string of the molecule is CC(Sc1nnc(-c2c[nH]c3ccccc23)o1)C(=O)c1ccc(F)cc1F. The first-order chi connectivity index (χ1) is 13.0. The summed E-state index contributed by atoms with van der Waals surface area (Å²) in [7, 11) is 0. The number of H-pyrrole nitrogens is 1. The van der Waals surface area contributed by atoms with Crippen LogP contribution >= 0.6 is 11.8 Å². The molecule has 136 valence electrons. The normalized spacial score (nSPS) is 12.4. The number of aromatic nitrogens is 3. The van der Waals surface area contributed by atoms with Crippen molar-refractivity contribution >= 4 is 28.4 Å². The standard InChI is InChI=1S/C19H13F2N3O2S/c1-10(17(25)13-7-6-11(20)8-15(13)21)27-19-24-23-18(26-19)14-9-22-16-5-3-2-4-12(14)16/h2-10,22H,1H3. The van der Waals surface area contributed by atoms with Crippen molar-refractivity contribution in [2.75, 3.05) is 0 Å². The van der Waals surface area contributed by atoms with Gasteiger partial charge >= 0.3 is 0 Å². The lowest BCUT2D eigenvalue weighted by Crippen LogP contribution is -2.15. The van der Waals surface area contributed by atoms with Gasteiger partial charge in [-0.05, 0) is 25.1 Å². The van der Waals surface area contributed by atoms with Crippen molar-refractivity contribution in [2.45, 2.75) is 17.4 Å². The second-order valence-corrected chi connectivity index (χ2v) is 7.16. The van der Waals surface area contributed by atoms with Gasteiger partial charge < -0.3 is 9.40 Å². The third-order valence-electron chi connectivity index (χ3n) is 4.07. The number of hydrogen-bond donors (Lipinski definition) is 1. The number of nitrogens with one attached hydrogen (secondary N) is 1. The van der Waals surface area contributed by atoms with Crippen molar-refractivity contribution in [2.24, 2.45) is 0 Å². The van der Waals surface area contributed by atoms with E-state index in [1.165, 1.54) is 0 Å². The number of nitrogens with zero attached hydrogens (tertiary/aromatic N) is 2. The lowest BCUT2D eigenvalue weighted by molar-refractivity contribution is 0.0989. The Bertz CT molecular complexity index is 1140. The molecule has 4 rings (SSSR count). The molecule has 0 saturated carbocycles. The Morgan fingerprint density at radius 3 is 2.81 bits per heavy atom. The molecule has 2 aromatic carbocycles. The van der Waals surface area contributed by atoms with E-state index in [9.17, 15) is 13.6 Å². The second-order valence-electron chi connectivity index (χ2n) is 5.87. The molecule has 2 heterocycles. The zero-order chi connectivity index (χ0) is 19.0. The molecule has 0 aliphatic carbocycles. The number of carbonyl (C=O) groups is 1. The maximum absolute atomic E-state index is 13.8. The third kappa shape index (κ3) is 3.35. The number of thioether (sulfide) groups is 1. The van der Waals surface area contributed by atoms with Crippen molar-refractivity contribution < 1.29 is 18.0 Å². The fourth-order valence-corrected chi connectivity index (χ4v) is 3.48. The van der Waals surface area contributed by atoms with Gasteiger partial charge in [-0.3, -0.25) is 4.79 Å². The zero-order valence-corrected chi connectivity index (χ0v) is 14.9. The Morgan fingerprint density at radius 2 is 2.00 bits per heavy atom. The number of aromatic amines is 1. The summed E-state index contributed by atoms with van der Waals surface area (Å²) in [6.07, 6.45) is 1.77. The van der Waals surface area contributed by atoms with Gasteiger partial charge in [-0.25, -0.2) is 8.78 Å². The van der Waals surface area contributed by atoms with Crippen molar-refractivity contribution in [3.8, 4) is 11.5 Å². The topological polar surface area (TPSA) is 71.8 Å². The van der Waals surface area contributed by atoms with Crippen LogP contribution in [0.5, 0.6) is 0 Å². The predicted octanol–water partition coefficient (Wildman–Crippen LogP) is 4.86. The van der Waals surface area contributed by atoms with E-state index in [1.807, 2.05) is 24.3 Å². The van der Waals surface area contributed by atoms with Crippen LogP contribution in [0.2, 0.25) is 0 Å². The first-order valence-electron chi connectivity index (χ1n) is 8.09. The van der Waals surface area contributed by atoms with Crippen LogP contribution in [0.1, 0.15) is 17.3 Å². The van der Waals surface area contributed by atoms with Crippen LogP contribution in [0, 0.1) is 11.6 Å². The summed E-state index contributed by atoms with van der Waals surface area (Å²) in [5.74, 6) is -1.78. The minimum absolute atomic E-state index is 0.173. The Labute approximate surface area is 156 Å². The maximum Gasteiger partial charge on any atom is 0.277 e. The molecule has 27 heavy (non-hydrogen) atoms. The molecule has 1 unspecified atom stereocenters. The van der Waals surface area contributed by atoms with Crippen LogP contribution in [0.15, 0.2) is 58.3 Å². The highest BCUT2D eigenvalue weighted by molar-refractivity contribution is 8.00. The van der Waals surface area contributed by atoms with Gasteiger partial charge in [-0.15, -0.1) is 10.2 Å². The fraction of sp³-hybridized carbons (Fsp3) is 0.105. The highest BCUT2D eigenvalue weighted by Gasteiger charge is 2.23. The fourth-order valence-electron chi connectivity index (χ4n) is 2.73. The zero-order valence-electron chi connectivity index (χ0n) is 14.1. The molecule has 1 N–H and O–H groups in total. The first-order valence-corrected chi connectivity index (χ1v) is 8.97. The largest absolute Gasteiger partial charge is 0.411 e. The van der Waals surface area contributed by atoms with E-state index in [1.54, 1.807) is 13.1 Å². The lowest BCUT2D eigenvalue weighted by Gasteiger charge is -2.08. The monoisotopic (exact) mass is 385 g/mol. The molecule has 0 bridgehead atoms. The number of rotatable bonds is 5. The highest BCUT2D eigenvalue weighted by atomic mass is 32.2. The summed E-state index contributed by atoms with van der Waals surface area (Å²) in [5.41, 5.74) is 1.52. The van der Waals surface area contributed by atoms with Gasteiger partial charge in [0.05, 0.1) is 16.4 Å². The maximum atomic E-state index is 13.8. The number of carbonyl (C=O) groups excluding carboxylic acids is 1. The third-order valence-corrected chi connectivity index (χ3v) is 5.00. The van der Waals surface area contributed by atoms with E-state index in [0.29, 0.717) is 12.0 Å². The molecular weight excluding hydrogens is 372 g/mol. The van der Waals surface area contributed by atoms with Gasteiger partial charge in [0.1, 0.15) is 11.6 Å². The van der Waals surface area contributed by atoms with Gasteiger partial charge in [0.25, 0.3) is 11.1 Å². The van der Waals surface area contributed by atoms with Crippen LogP contribution in [-0.2, 0) is 0 Å². The van der Waals surface area contributed by atoms with Crippen molar-refractivity contribution in [1.29, 1.82) is 0 Å². The first kappa shape index (κ1) is 17.4. The summed E-state index contributed by atoms with van der Waals surface area (Å²) in [5, 5.41) is 8.44. The van der Waals surface area contributed by atoms with Crippen LogP contribution < -0.4 is 0 Å². The van der Waals surface area contributed by atoms with Crippen LogP contribution in [0.4, 0.5) is 8.78 Å². The number of ketones is 1. The molecule has 0 saturated heterocycles. The second kappa shape index (κ2) is 6.96. The summed E-state index contributed by atoms with van der Waals surface area (Å²) in [4.78, 5) is 15.5. The molecule has 0 aliphatic rings. The molecular formula is C19H13F2N3O2S. The number of hydrogen-bond acceptors (Lipinski definition) is 5. The average Bonchev–Trinajstić information content (AvgIpc) is 3.27. The average molecular weight is 385 g/mol. The molecule has 2 aromatic heterocycles. The van der Waals surface area contributed by atoms with Crippen LogP contribution in [0.25, 0.3) is 22.4 Å². The lowest BCUT2D eigenvalue weighted by atomic mass is 10.1. The summed E-state index contributed by atoms with van der Waals surface area (Å²) in [6, 6.07) is 10.6. The Morgan fingerprint density at radius 1 is 1.19 bits per heavy atom. The quantitative estimate of drug-likeness (QED) is 0.392. The van der Waals surface area contributed by atoms with Gasteiger partial charge in [0, 0.05) is 23.2 Å². The molecule has 0 fully saturated rings. The van der Waals surface area contributed by atoms with E-state index in [4.69, 9.17) is 4.42 Å². The van der Waals surface area contributed by atoms with Crippen molar-refractivity contribution in [3.63, 3.8) is 0 Å². The van der Waals surface area contributed by atoms with Gasteiger partial charge in [-0.1, -0.05) is 30.0 Å².